The van der Waals surface area contributed by atoms with Crippen LogP contribution in [0.3, 0.4) is 0 Å². The lowest BCUT2D eigenvalue weighted by atomic mass is 9.99. The van der Waals surface area contributed by atoms with Gasteiger partial charge in [-0.2, -0.15) is 0 Å². The largest absolute Gasteiger partial charge is 0.394 e. The fourth-order valence-electron chi connectivity index (χ4n) is 6.28. The van der Waals surface area contributed by atoms with Crippen LogP contribution in [0.25, 0.3) is 0 Å². The Bertz CT molecular complexity index is 894. The van der Waals surface area contributed by atoms with E-state index in [1.54, 1.807) is 6.08 Å². The highest BCUT2D eigenvalue weighted by molar-refractivity contribution is 5.76. The number of amides is 1. The van der Waals surface area contributed by atoms with E-state index in [0.29, 0.717) is 6.42 Å². The molecule has 1 fully saturated rings. The number of hydrogen-bond donors (Lipinski definition) is 6. The number of unbranched alkanes of at least 4 members (excludes halogenated alkanes) is 19. The first kappa shape index (κ1) is 47.4. The number of ether oxygens (including phenoxy) is 2. The minimum Gasteiger partial charge on any atom is -0.394 e. The van der Waals surface area contributed by atoms with Gasteiger partial charge in [0.1, 0.15) is 24.4 Å². The van der Waals surface area contributed by atoms with Crippen LogP contribution in [0, 0.1) is 0 Å². The summed E-state index contributed by atoms with van der Waals surface area (Å²) < 4.78 is 11.1. The Kier molecular flexibility index (Phi) is 30.7. The Morgan fingerprint density at radius 1 is 0.647 bits per heavy atom. The molecule has 1 aliphatic rings. The zero-order valence-electron chi connectivity index (χ0n) is 32.4. The lowest BCUT2D eigenvalue weighted by Gasteiger charge is -2.40. The van der Waals surface area contributed by atoms with Crippen molar-refractivity contribution in [3.8, 4) is 0 Å². The van der Waals surface area contributed by atoms with Gasteiger partial charge in [0.05, 0.1) is 25.4 Å². The van der Waals surface area contributed by atoms with Gasteiger partial charge in [-0.05, 0) is 57.8 Å². The Balaban J connectivity index is 2.39. The van der Waals surface area contributed by atoms with E-state index in [-0.39, 0.29) is 12.5 Å². The van der Waals surface area contributed by atoms with E-state index in [2.05, 4.69) is 43.5 Å². The Morgan fingerprint density at radius 3 is 1.67 bits per heavy atom. The molecule has 0 saturated carbocycles. The van der Waals surface area contributed by atoms with Gasteiger partial charge >= 0.3 is 0 Å². The monoisotopic (exact) mass is 724 g/mol. The van der Waals surface area contributed by atoms with Crippen molar-refractivity contribution in [2.24, 2.45) is 0 Å². The molecule has 1 heterocycles. The number of carbonyl (C=O) groups is 1. The van der Waals surface area contributed by atoms with Gasteiger partial charge in [-0.1, -0.05) is 140 Å². The standard InChI is InChI=1S/C42H77NO8/c1-3-5-7-9-11-13-15-16-17-18-19-20-21-22-24-26-28-30-32-38(46)43-35(34-50-42-41(49)40(48)39(47)37(33-44)51-42)36(45)31-29-27-25-23-14-12-10-8-6-4-2/h14,19-20,23,29,31,35-37,39-42,44-45,47-49H,3-13,15-18,21-22,24-28,30,32-34H2,1-2H3,(H,43,46)/b20-19-,23-14+,31-29+. The quantitative estimate of drug-likeness (QED) is 0.0298. The summed E-state index contributed by atoms with van der Waals surface area (Å²) in [7, 11) is 0. The number of aliphatic hydroxyl groups is 5. The minimum atomic E-state index is -1.57. The third kappa shape index (κ3) is 24.4. The molecule has 0 aromatic carbocycles. The van der Waals surface area contributed by atoms with Crippen LogP contribution in [-0.4, -0.2) is 87.5 Å². The third-order valence-corrected chi connectivity index (χ3v) is 9.69. The molecule has 7 unspecified atom stereocenters. The van der Waals surface area contributed by atoms with Crippen LogP contribution in [0.4, 0.5) is 0 Å². The zero-order chi connectivity index (χ0) is 37.4. The average Bonchev–Trinajstić information content (AvgIpc) is 3.13. The lowest BCUT2D eigenvalue weighted by Crippen LogP contribution is -2.60. The number of carbonyl (C=O) groups excluding carboxylic acids is 1. The van der Waals surface area contributed by atoms with Crippen LogP contribution >= 0.6 is 0 Å². The van der Waals surface area contributed by atoms with E-state index in [1.165, 1.54) is 89.9 Å². The molecule has 0 aromatic heterocycles. The van der Waals surface area contributed by atoms with Crippen LogP contribution in [0.2, 0.25) is 0 Å². The van der Waals surface area contributed by atoms with Crippen LogP contribution in [0.15, 0.2) is 36.5 Å². The van der Waals surface area contributed by atoms with Crippen LogP contribution in [0.1, 0.15) is 168 Å². The maximum atomic E-state index is 12.9. The zero-order valence-corrected chi connectivity index (χ0v) is 32.4. The highest BCUT2D eigenvalue weighted by atomic mass is 16.7. The molecule has 7 atom stereocenters. The molecule has 1 amide bonds. The summed E-state index contributed by atoms with van der Waals surface area (Å²) in [6, 6.07) is -0.822. The van der Waals surface area contributed by atoms with Crippen molar-refractivity contribution in [2.75, 3.05) is 13.2 Å². The topological polar surface area (TPSA) is 149 Å². The molecule has 1 aliphatic heterocycles. The number of rotatable bonds is 33. The van der Waals surface area contributed by atoms with E-state index in [1.807, 2.05) is 6.08 Å². The summed E-state index contributed by atoms with van der Waals surface area (Å²) in [5, 5.41) is 53.9. The predicted molar refractivity (Wildman–Crippen MR) is 207 cm³/mol. The molecule has 0 radical (unpaired) electrons. The molecule has 9 heteroatoms. The Morgan fingerprint density at radius 2 is 1.12 bits per heavy atom. The van der Waals surface area contributed by atoms with Gasteiger partial charge in [0.15, 0.2) is 6.29 Å². The van der Waals surface area contributed by atoms with Crippen LogP contribution < -0.4 is 5.32 Å². The molecular weight excluding hydrogens is 646 g/mol. The van der Waals surface area contributed by atoms with Crippen molar-refractivity contribution in [2.45, 2.75) is 211 Å². The van der Waals surface area contributed by atoms with Crippen molar-refractivity contribution < 1.29 is 39.8 Å². The van der Waals surface area contributed by atoms with Crippen molar-refractivity contribution >= 4 is 5.91 Å². The fraction of sp³-hybridized carbons (Fsp3) is 0.833. The van der Waals surface area contributed by atoms with Crippen LogP contribution in [0.5, 0.6) is 0 Å². The number of aliphatic hydroxyl groups excluding tert-OH is 5. The molecule has 51 heavy (non-hydrogen) atoms. The second-order valence-corrected chi connectivity index (χ2v) is 14.4. The molecule has 6 N–H and O–H groups in total. The molecular formula is C42H77NO8. The maximum absolute atomic E-state index is 12.9. The molecule has 0 aromatic rings. The number of hydrogen-bond acceptors (Lipinski definition) is 8. The van der Waals surface area contributed by atoms with E-state index >= 15 is 0 Å². The van der Waals surface area contributed by atoms with Gasteiger partial charge in [-0.25, -0.2) is 0 Å². The lowest BCUT2D eigenvalue weighted by molar-refractivity contribution is -0.302. The maximum Gasteiger partial charge on any atom is 0.220 e. The van der Waals surface area contributed by atoms with E-state index < -0.39 is 49.5 Å². The average molecular weight is 724 g/mol. The van der Waals surface area contributed by atoms with E-state index in [9.17, 15) is 30.3 Å². The summed E-state index contributed by atoms with van der Waals surface area (Å²) in [6.45, 7) is 3.69. The van der Waals surface area contributed by atoms with Gasteiger partial charge in [-0.3, -0.25) is 4.79 Å². The second-order valence-electron chi connectivity index (χ2n) is 14.4. The van der Waals surface area contributed by atoms with Crippen LogP contribution in [-0.2, 0) is 14.3 Å². The summed E-state index contributed by atoms with van der Waals surface area (Å²) in [5.74, 6) is -0.199. The summed E-state index contributed by atoms with van der Waals surface area (Å²) >= 11 is 0. The van der Waals surface area contributed by atoms with Gasteiger partial charge < -0.3 is 40.3 Å². The van der Waals surface area contributed by atoms with Gasteiger partial charge in [0, 0.05) is 6.42 Å². The molecule has 0 bridgehead atoms. The Hall–Kier alpha value is -1.59. The van der Waals surface area contributed by atoms with Gasteiger partial charge in [0.25, 0.3) is 0 Å². The number of nitrogens with one attached hydrogen (secondary N) is 1. The molecule has 0 spiro atoms. The molecule has 0 aliphatic carbocycles. The summed E-state index contributed by atoms with van der Waals surface area (Å²) in [6.07, 6.45) is 31.9. The fourth-order valence-corrected chi connectivity index (χ4v) is 6.28. The summed E-state index contributed by atoms with van der Waals surface area (Å²) in [5.41, 5.74) is 0. The first-order chi connectivity index (χ1) is 24.8. The summed E-state index contributed by atoms with van der Waals surface area (Å²) in [4.78, 5) is 12.9. The first-order valence-corrected chi connectivity index (χ1v) is 20.7. The minimum absolute atomic E-state index is 0.199. The molecule has 1 rings (SSSR count). The van der Waals surface area contributed by atoms with E-state index in [0.717, 1.165) is 57.8 Å². The molecule has 1 saturated heterocycles. The van der Waals surface area contributed by atoms with Crippen molar-refractivity contribution in [1.82, 2.24) is 5.32 Å². The van der Waals surface area contributed by atoms with Crippen molar-refractivity contribution in [3.05, 3.63) is 36.5 Å². The predicted octanol–water partition coefficient (Wildman–Crippen LogP) is 7.72. The second kappa shape index (κ2) is 33.0. The molecule has 298 valence electrons. The third-order valence-electron chi connectivity index (χ3n) is 9.69. The van der Waals surface area contributed by atoms with Crippen molar-refractivity contribution in [3.63, 3.8) is 0 Å². The van der Waals surface area contributed by atoms with Gasteiger partial charge in [0.2, 0.25) is 5.91 Å². The number of allylic oxidation sites excluding steroid dienone is 5. The highest BCUT2D eigenvalue weighted by Crippen LogP contribution is 2.22. The SMILES string of the molecule is CCCCCC/C=C/CC/C=C/C(O)C(COC1OC(CO)C(O)C(O)C1O)NC(=O)CCCCCCC/C=C\CCCCCCCCCCC. The van der Waals surface area contributed by atoms with E-state index in [4.69, 9.17) is 9.47 Å². The smallest absolute Gasteiger partial charge is 0.220 e. The van der Waals surface area contributed by atoms with Crippen molar-refractivity contribution in [1.29, 1.82) is 0 Å². The first-order valence-electron chi connectivity index (χ1n) is 20.7. The Labute approximate surface area is 311 Å². The normalized spacial score (nSPS) is 22.4. The highest BCUT2D eigenvalue weighted by Gasteiger charge is 2.44. The molecule has 9 nitrogen and oxygen atoms in total. The van der Waals surface area contributed by atoms with Gasteiger partial charge in [-0.15, -0.1) is 0 Å².